The van der Waals surface area contributed by atoms with Crippen molar-refractivity contribution in [3.8, 4) is 0 Å². The van der Waals surface area contributed by atoms with Crippen molar-refractivity contribution in [2.45, 2.75) is 58.4 Å². The number of carboxylic acids is 1. The van der Waals surface area contributed by atoms with Gasteiger partial charge in [0.1, 0.15) is 0 Å². The van der Waals surface area contributed by atoms with E-state index in [0.29, 0.717) is 25.9 Å². The molecule has 0 spiro atoms. The lowest BCUT2D eigenvalue weighted by Gasteiger charge is -2.40. The van der Waals surface area contributed by atoms with Gasteiger partial charge >= 0.3 is 12.0 Å². The predicted molar refractivity (Wildman–Crippen MR) is 76.5 cm³/mol. The molecule has 1 unspecified atom stereocenters. The Kier molecular flexibility index (Phi) is 4.55. The van der Waals surface area contributed by atoms with Gasteiger partial charge < -0.3 is 15.3 Å². The number of hydrogen-bond donors (Lipinski definition) is 2. The number of carbonyl (C=O) groups is 2. The fourth-order valence-corrected chi connectivity index (χ4v) is 3.33. The number of likely N-dealkylation sites (tertiary alicyclic amines) is 1. The SMILES string of the molecule is CC1(C)CCCCC1NC(=O)N1CCC(C(=O)O)CC1. The smallest absolute Gasteiger partial charge is 0.317 e. The van der Waals surface area contributed by atoms with Crippen LogP contribution in [0, 0.1) is 11.3 Å². The molecule has 0 radical (unpaired) electrons. The molecule has 2 rings (SSSR count). The molecule has 1 saturated heterocycles. The number of piperidine rings is 1. The van der Waals surface area contributed by atoms with Gasteiger partial charge in [0, 0.05) is 19.1 Å². The van der Waals surface area contributed by atoms with E-state index in [2.05, 4.69) is 19.2 Å². The summed E-state index contributed by atoms with van der Waals surface area (Å²) >= 11 is 0. The standard InChI is InChI=1S/C15H26N2O3/c1-15(2)8-4-3-5-12(15)16-14(20)17-9-6-11(7-10-17)13(18)19/h11-12H,3-10H2,1-2H3,(H,16,20)(H,18,19). The van der Waals surface area contributed by atoms with Gasteiger partial charge in [0.2, 0.25) is 0 Å². The zero-order chi connectivity index (χ0) is 14.8. The van der Waals surface area contributed by atoms with Gasteiger partial charge in [-0.1, -0.05) is 26.7 Å². The zero-order valence-electron chi connectivity index (χ0n) is 12.5. The number of nitrogens with one attached hydrogen (secondary N) is 1. The van der Waals surface area contributed by atoms with Gasteiger partial charge in [-0.25, -0.2) is 4.79 Å². The van der Waals surface area contributed by atoms with E-state index in [9.17, 15) is 9.59 Å². The molecule has 5 heteroatoms. The molecule has 2 amide bonds. The van der Waals surface area contributed by atoms with E-state index in [1.54, 1.807) is 4.90 Å². The number of carboxylic acid groups (broad SMARTS) is 1. The second-order valence-corrected chi connectivity index (χ2v) is 6.84. The highest BCUT2D eigenvalue weighted by Gasteiger charge is 2.35. The number of carbonyl (C=O) groups excluding carboxylic acids is 1. The Morgan fingerprint density at radius 2 is 1.80 bits per heavy atom. The van der Waals surface area contributed by atoms with Crippen LogP contribution in [0.3, 0.4) is 0 Å². The van der Waals surface area contributed by atoms with Crippen LogP contribution in [0.5, 0.6) is 0 Å². The lowest BCUT2D eigenvalue weighted by molar-refractivity contribution is -0.143. The first-order chi connectivity index (χ1) is 9.40. The fraction of sp³-hybridized carbons (Fsp3) is 0.867. The summed E-state index contributed by atoms with van der Waals surface area (Å²) in [4.78, 5) is 25.0. The molecule has 1 aliphatic carbocycles. The van der Waals surface area contributed by atoms with Crippen molar-refractivity contribution in [3.63, 3.8) is 0 Å². The first-order valence-corrected chi connectivity index (χ1v) is 7.68. The number of urea groups is 1. The predicted octanol–water partition coefficient (Wildman–Crippen LogP) is 2.46. The first-order valence-electron chi connectivity index (χ1n) is 7.68. The molecule has 5 nitrogen and oxygen atoms in total. The third-order valence-electron chi connectivity index (χ3n) is 4.94. The van der Waals surface area contributed by atoms with Gasteiger partial charge in [0.25, 0.3) is 0 Å². The average Bonchev–Trinajstić information content (AvgIpc) is 2.41. The number of aliphatic carboxylic acids is 1. The van der Waals surface area contributed by atoms with E-state index in [4.69, 9.17) is 5.11 Å². The molecule has 114 valence electrons. The molecule has 1 aliphatic heterocycles. The van der Waals surface area contributed by atoms with Crippen LogP contribution in [-0.4, -0.2) is 41.1 Å². The first kappa shape index (κ1) is 15.1. The highest BCUT2D eigenvalue weighted by atomic mass is 16.4. The number of amides is 2. The van der Waals surface area contributed by atoms with Crippen molar-refractivity contribution in [2.75, 3.05) is 13.1 Å². The Morgan fingerprint density at radius 3 is 2.35 bits per heavy atom. The minimum absolute atomic E-state index is 0.0196. The molecule has 2 aliphatic rings. The van der Waals surface area contributed by atoms with E-state index in [1.807, 2.05) is 0 Å². The summed E-state index contributed by atoms with van der Waals surface area (Å²) < 4.78 is 0. The van der Waals surface area contributed by atoms with E-state index >= 15 is 0 Å². The van der Waals surface area contributed by atoms with Gasteiger partial charge in [-0.05, 0) is 31.1 Å². The van der Waals surface area contributed by atoms with Gasteiger partial charge in [0.05, 0.1) is 5.92 Å². The molecule has 0 aromatic heterocycles. The van der Waals surface area contributed by atoms with E-state index < -0.39 is 5.97 Å². The molecule has 0 bridgehead atoms. The van der Waals surface area contributed by atoms with Gasteiger partial charge in [-0.2, -0.15) is 0 Å². The third-order valence-corrected chi connectivity index (χ3v) is 4.94. The summed E-state index contributed by atoms with van der Waals surface area (Å²) in [6, 6.07) is 0.217. The van der Waals surface area contributed by atoms with Crippen LogP contribution < -0.4 is 5.32 Å². The van der Waals surface area contributed by atoms with Crippen molar-refractivity contribution in [3.05, 3.63) is 0 Å². The van der Waals surface area contributed by atoms with E-state index in [0.717, 1.165) is 12.8 Å². The lowest BCUT2D eigenvalue weighted by atomic mass is 9.73. The van der Waals surface area contributed by atoms with Crippen LogP contribution in [0.2, 0.25) is 0 Å². The quantitative estimate of drug-likeness (QED) is 0.817. The molecule has 0 aromatic carbocycles. The summed E-state index contributed by atoms with van der Waals surface area (Å²) in [5.41, 5.74) is 0.160. The maximum Gasteiger partial charge on any atom is 0.317 e. The molecule has 1 atom stereocenters. The maximum absolute atomic E-state index is 12.3. The molecule has 2 fully saturated rings. The van der Waals surface area contributed by atoms with Crippen molar-refractivity contribution in [1.29, 1.82) is 0 Å². The van der Waals surface area contributed by atoms with Crippen LogP contribution in [0.15, 0.2) is 0 Å². The van der Waals surface area contributed by atoms with Crippen LogP contribution in [0.4, 0.5) is 4.79 Å². The average molecular weight is 282 g/mol. The highest BCUT2D eigenvalue weighted by molar-refractivity contribution is 5.75. The molecular formula is C15H26N2O3. The minimum atomic E-state index is -0.738. The monoisotopic (exact) mass is 282 g/mol. The number of rotatable bonds is 2. The summed E-state index contributed by atoms with van der Waals surface area (Å²) in [6.07, 6.45) is 5.75. The summed E-state index contributed by atoms with van der Waals surface area (Å²) in [5.74, 6) is -1.02. The summed E-state index contributed by atoms with van der Waals surface area (Å²) in [6.45, 7) is 5.54. The largest absolute Gasteiger partial charge is 0.481 e. The van der Waals surface area contributed by atoms with Crippen molar-refractivity contribution in [2.24, 2.45) is 11.3 Å². The Balaban J connectivity index is 1.85. The second-order valence-electron chi connectivity index (χ2n) is 6.84. The van der Waals surface area contributed by atoms with Crippen LogP contribution >= 0.6 is 0 Å². The Hall–Kier alpha value is -1.26. The van der Waals surface area contributed by atoms with Gasteiger partial charge in [-0.3, -0.25) is 4.79 Å². The van der Waals surface area contributed by atoms with Crippen molar-refractivity contribution in [1.82, 2.24) is 10.2 Å². The van der Waals surface area contributed by atoms with Crippen molar-refractivity contribution < 1.29 is 14.7 Å². The highest BCUT2D eigenvalue weighted by Crippen LogP contribution is 2.35. The lowest BCUT2D eigenvalue weighted by Crippen LogP contribution is -2.53. The minimum Gasteiger partial charge on any atom is -0.481 e. The second kappa shape index (κ2) is 6.02. The molecule has 0 aromatic rings. The number of hydrogen-bond acceptors (Lipinski definition) is 2. The van der Waals surface area contributed by atoms with E-state index in [1.165, 1.54) is 12.8 Å². The van der Waals surface area contributed by atoms with Gasteiger partial charge in [-0.15, -0.1) is 0 Å². The molecule has 20 heavy (non-hydrogen) atoms. The Bertz CT molecular complexity index is 373. The molecular weight excluding hydrogens is 256 g/mol. The molecule has 1 heterocycles. The molecule has 1 saturated carbocycles. The maximum atomic E-state index is 12.3. The summed E-state index contributed by atoms with van der Waals surface area (Å²) in [7, 11) is 0. The Labute approximate surface area is 120 Å². The van der Waals surface area contributed by atoms with Gasteiger partial charge in [0.15, 0.2) is 0 Å². The van der Waals surface area contributed by atoms with Crippen molar-refractivity contribution >= 4 is 12.0 Å². The molecule has 2 N–H and O–H groups in total. The Morgan fingerprint density at radius 1 is 1.15 bits per heavy atom. The normalized spacial score (nSPS) is 27.1. The van der Waals surface area contributed by atoms with Crippen LogP contribution in [-0.2, 0) is 4.79 Å². The van der Waals surface area contributed by atoms with Crippen LogP contribution in [0.1, 0.15) is 52.4 Å². The zero-order valence-corrected chi connectivity index (χ0v) is 12.5. The van der Waals surface area contributed by atoms with Crippen LogP contribution in [0.25, 0.3) is 0 Å². The van der Waals surface area contributed by atoms with E-state index in [-0.39, 0.29) is 23.4 Å². The fourth-order valence-electron chi connectivity index (χ4n) is 3.33. The topological polar surface area (TPSA) is 69.6 Å². The number of nitrogens with zero attached hydrogens (tertiary/aromatic N) is 1. The third kappa shape index (κ3) is 3.44. The summed E-state index contributed by atoms with van der Waals surface area (Å²) in [5, 5.41) is 12.1.